The van der Waals surface area contributed by atoms with E-state index < -0.39 is 11.6 Å². The van der Waals surface area contributed by atoms with Crippen LogP contribution in [-0.4, -0.2) is 25.2 Å². The Balaban J connectivity index is 2.11. The Morgan fingerprint density at radius 1 is 1.30 bits per heavy atom. The lowest BCUT2D eigenvalue weighted by atomic mass is 9.86. The summed E-state index contributed by atoms with van der Waals surface area (Å²) < 4.78 is 27.0. The minimum atomic E-state index is -0.522. The smallest absolute Gasteiger partial charge is 0.149 e. The molecule has 112 valence electrons. The molecule has 0 spiro atoms. The lowest BCUT2D eigenvalue weighted by molar-refractivity contribution is 0.270. The molecule has 1 fully saturated rings. The summed E-state index contributed by atoms with van der Waals surface area (Å²) in [6.45, 7) is 8.30. The van der Waals surface area contributed by atoms with Crippen LogP contribution >= 0.6 is 0 Å². The molecule has 0 amide bonds. The van der Waals surface area contributed by atoms with Crippen LogP contribution in [0.3, 0.4) is 0 Å². The third-order valence-corrected chi connectivity index (χ3v) is 4.44. The van der Waals surface area contributed by atoms with Crippen molar-refractivity contribution in [2.24, 2.45) is 5.92 Å². The zero-order valence-corrected chi connectivity index (χ0v) is 12.5. The first-order chi connectivity index (χ1) is 9.54. The SMILES string of the molecule is CCCNC1CCN(c2ccc(F)cc2F)C(C)C1C. The Hall–Kier alpha value is -1.16. The second kappa shape index (κ2) is 6.53. The first kappa shape index (κ1) is 15.2. The van der Waals surface area contributed by atoms with E-state index in [0.717, 1.165) is 32.0 Å². The van der Waals surface area contributed by atoms with E-state index in [9.17, 15) is 8.78 Å². The minimum absolute atomic E-state index is 0.234. The fourth-order valence-electron chi connectivity index (χ4n) is 3.04. The molecule has 2 rings (SSSR count). The summed E-state index contributed by atoms with van der Waals surface area (Å²) in [5, 5.41) is 3.57. The van der Waals surface area contributed by atoms with Gasteiger partial charge in [0.25, 0.3) is 0 Å². The van der Waals surface area contributed by atoms with Crippen LogP contribution in [-0.2, 0) is 0 Å². The maximum absolute atomic E-state index is 13.9. The lowest BCUT2D eigenvalue weighted by Gasteiger charge is -2.44. The molecule has 0 bridgehead atoms. The molecule has 0 saturated carbocycles. The predicted molar refractivity (Wildman–Crippen MR) is 79.0 cm³/mol. The average molecular weight is 282 g/mol. The Morgan fingerprint density at radius 2 is 2.05 bits per heavy atom. The van der Waals surface area contributed by atoms with E-state index in [1.54, 1.807) is 6.07 Å². The number of nitrogens with zero attached hydrogens (tertiary/aromatic N) is 1. The van der Waals surface area contributed by atoms with Crippen LogP contribution in [0.15, 0.2) is 18.2 Å². The second-order valence-electron chi connectivity index (χ2n) is 5.74. The van der Waals surface area contributed by atoms with Gasteiger partial charge >= 0.3 is 0 Å². The van der Waals surface area contributed by atoms with Crippen molar-refractivity contribution in [3.8, 4) is 0 Å². The van der Waals surface area contributed by atoms with E-state index in [-0.39, 0.29) is 6.04 Å². The Morgan fingerprint density at radius 3 is 2.70 bits per heavy atom. The molecular weight excluding hydrogens is 258 g/mol. The predicted octanol–water partition coefficient (Wildman–Crippen LogP) is 3.57. The number of halogens is 2. The maximum atomic E-state index is 13.9. The summed E-state index contributed by atoms with van der Waals surface area (Å²) >= 11 is 0. The van der Waals surface area contributed by atoms with Crippen molar-refractivity contribution in [1.82, 2.24) is 5.32 Å². The molecule has 3 atom stereocenters. The van der Waals surface area contributed by atoms with Gasteiger partial charge in [-0.1, -0.05) is 13.8 Å². The molecule has 4 heteroatoms. The fourth-order valence-corrected chi connectivity index (χ4v) is 3.04. The summed E-state index contributed by atoms with van der Waals surface area (Å²) in [5.41, 5.74) is 0.514. The van der Waals surface area contributed by atoms with Gasteiger partial charge in [-0.05, 0) is 44.4 Å². The second-order valence-corrected chi connectivity index (χ2v) is 5.74. The quantitative estimate of drug-likeness (QED) is 0.908. The Kier molecular flexibility index (Phi) is 4.97. The van der Waals surface area contributed by atoms with E-state index >= 15 is 0 Å². The molecule has 1 aromatic carbocycles. The molecule has 1 aliphatic rings. The average Bonchev–Trinajstić information content (AvgIpc) is 2.41. The third-order valence-electron chi connectivity index (χ3n) is 4.44. The highest BCUT2D eigenvalue weighted by molar-refractivity contribution is 5.49. The molecule has 1 aromatic rings. The molecule has 20 heavy (non-hydrogen) atoms. The summed E-state index contributed by atoms with van der Waals surface area (Å²) in [7, 11) is 0. The highest BCUT2D eigenvalue weighted by Gasteiger charge is 2.33. The summed E-state index contributed by atoms with van der Waals surface area (Å²) in [6, 6.07) is 4.56. The molecule has 1 saturated heterocycles. The number of benzene rings is 1. The van der Waals surface area contributed by atoms with Crippen molar-refractivity contribution < 1.29 is 8.78 Å². The minimum Gasteiger partial charge on any atom is -0.366 e. The topological polar surface area (TPSA) is 15.3 Å². The van der Waals surface area contributed by atoms with Crippen LogP contribution < -0.4 is 10.2 Å². The van der Waals surface area contributed by atoms with Crippen molar-refractivity contribution in [2.75, 3.05) is 18.0 Å². The molecule has 2 nitrogen and oxygen atoms in total. The summed E-state index contributed by atoms with van der Waals surface area (Å²) in [6.07, 6.45) is 2.11. The molecule has 1 aliphatic heterocycles. The zero-order chi connectivity index (χ0) is 14.7. The number of hydrogen-bond donors (Lipinski definition) is 1. The van der Waals surface area contributed by atoms with Crippen molar-refractivity contribution in [1.29, 1.82) is 0 Å². The molecule has 0 aliphatic carbocycles. The number of piperidine rings is 1. The van der Waals surface area contributed by atoms with Gasteiger partial charge in [-0.2, -0.15) is 0 Å². The van der Waals surface area contributed by atoms with Crippen LogP contribution in [0.2, 0.25) is 0 Å². The summed E-state index contributed by atoms with van der Waals surface area (Å²) in [5.74, 6) is -0.560. The zero-order valence-electron chi connectivity index (χ0n) is 12.5. The fraction of sp³-hybridized carbons (Fsp3) is 0.625. The maximum Gasteiger partial charge on any atom is 0.149 e. The van der Waals surface area contributed by atoms with Gasteiger partial charge in [0.1, 0.15) is 11.6 Å². The standard InChI is InChI=1S/C16H24F2N2/c1-4-8-19-15-7-9-20(12(3)11(15)2)16-6-5-13(17)10-14(16)18/h5-6,10-12,15,19H,4,7-9H2,1-3H3. The monoisotopic (exact) mass is 282 g/mol. The lowest BCUT2D eigenvalue weighted by Crippen LogP contribution is -2.53. The van der Waals surface area contributed by atoms with Gasteiger partial charge < -0.3 is 10.2 Å². The molecule has 1 N–H and O–H groups in total. The molecule has 0 aromatic heterocycles. The highest BCUT2D eigenvalue weighted by Crippen LogP contribution is 2.30. The Bertz CT molecular complexity index is 450. The number of nitrogens with one attached hydrogen (secondary N) is 1. The van der Waals surface area contributed by atoms with Crippen LogP contribution in [0.1, 0.15) is 33.6 Å². The van der Waals surface area contributed by atoms with Gasteiger partial charge in [0.05, 0.1) is 5.69 Å². The van der Waals surface area contributed by atoms with Crippen molar-refractivity contribution in [3.05, 3.63) is 29.8 Å². The van der Waals surface area contributed by atoms with Gasteiger partial charge in [-0.15, -0.1) is 0 Å². The van der Waals surface area contributed by atoms with E-state index in [1.807, 2.05) is 0 Å². The normalized spacial score (nSPS) is 26.9. The number of anilines is 1. The van der Waals surface area contributed by atoms with E-state index in [2.05, 4.69) is 31.0 Å². The van der Waals surface area contributed by atoms with Crippen LogP contribution in [0.4, 0.5) is 14.5 Å². The Labute approximate surface area is 120 Å². The number of rotatable bonds is 4. The van der Waals surface area contributed by atoms with E-state index in [1.165, 1.54) is 6.07 Å². The summed E-state index contributed by atoms with van der Waals surface area (Å²) in [4.78, 5) is 2.06. The largest absolute Gasteiger partial charge is 0.366 e. The van der Waals surface area contributed by atoms with Gasteiger partial charge in [-0.25, -0.2) is 8.78 Å². The first-order valence-corrected chi connectivity index (χ1v) is 7.49. The molecular formula is C16H24F2N2. The van der Waals surface area contributed by atoms with Crippen molar-refractivity contribution >= 4 is 5.69 Å². The van der Waals surface area contributed by atoms with E-state index in [4.69, 9.17) is 0 Å². The van der Waals surface area contributed by atoms with E-state index in [0.29, 0.717) is 17.6 Å². The van der Waals surface area contributed by atoms with Gasteiger partial charge in [0.2, 0.25) is 0 Å². The molecule has 3 unspecified atom stereocenters. The van der Waals surface area contributed by atoms with Gasteiger partial charge in [-0.3, -0.25) is 0 Å². The van der Waals surface area contributed by atoms with Crippen LogP contribution in [0, 0.1) is 17.6 Å². The molecule has 1 heterocycles. The first-order valence-electron chi connectivity index (χ1n) is 7.49. The van der Waals surface area contributed by atoms with Gasteiger partial charge in [0.15, 0.2) is 0 Å². The molecule has 0 radical (unpaired) electrons. The van der Waals surface area contributed by atoms with Gasteiger partial charge in [0, 0.05) is 24.7 Å². The third kappa shape index (κ3) is 3.11. The van der Waals surface area contributed by atoms with Crippen LogP contribution in [0.25, 0.3) is 0 Å². The highest BCUT2D eigenvalue weighted by atomic mass is 19.1. The van der Waals surface area contributed by atoms with Crippen LogP contribution in [0.5, 0.6) is 0 Å². The van der Waals surface area contributed by atoms with Crippen molar-refractivity contribution in [2.45, 2.75) is 45.7 Å². The van der Waals surface area contributed by atoms with Crippen molar-refractivity contribution in [3.63, 3.8) is 0 Å². The number of hydrogen-bond acceptors (Lipinski definition) is 2.